The first-order valence-corrected chi connectivity index (χ1v) is 7.34. The van der Waals surface area contributed by atoms with Crippen LogP contribution in [-0.4, -0.2) is 5.91 Å². The molecule has 0 saturated heterocycles. The Kier molecular flexibility index (Phi) is 3.94. The van der Waals surface area contributed by atoms with Crippen LogP contribution in [-0.2, 0) is 16.8 Å². The molecule has 130 valence electrons. The molecule has 3 rings (SSSR count). The minimum atomic E-state index is -4.46. The number of carbonyl (C=O) groups is 1. The molecule has 25 heavy (non-hydrogen) atoms. The van der Waals surface area contributed by atoms with Crippen molar-refractivity contribution in [3.8, 4) is 11.5 Å². The van der Waals surface area contributed by atoms with Gasteiger partial charge in [-0.1, -0.05) is 18.7 Å². The molecule has 0 saturated carbocycles. The summed E-state index contributed by atoms with van der Waals surface area (Å²) in [5.74, 6) is -1.09. The second kappa shape index (κ2) is 5.84. The molecule has 1 atom stereocenters. The van der Waals surface area contributed by atoms with Crippen LogP contribution < -0.4 is 14.8 Å². The van der Waals surface area contributed by atoms with E-state index in [1.54, 1.807) is 12.1 Å². The van der Waals surface area contributed by atoms with Crippen molar-refractivity contribution >= 4 is 11.6 Å². The largest absolute Gasteiger partial charge is 0.445 e. The van der Waals surface area contributed by atoms with Crippen molar-refractivity contribution in [2.45, 2.75) is 18.9 Å². The molecule has 1 aliphatic rings. The first-order chi connectivity index (χ1) is 11.7. The van der Waals surface area contributed by atoms with Gasteiger partial charge in [-0.2, -0.15) is 13.2 Å². The number of amides is 1. The lowest BCUT2D eigenvalue weighted by Gasteiger charge is -2.24. The van der Waals surface area contributed by atoms with E-state index in [0.717, 1.165) is 18.2 Å². The van der Waals surface area contributed by atoms with Crippen LogP contribution in [0.5, 0.6) is 11.5 Å². The maximum atomic E-state index is 12.9. The molecule has 0 fully saturated rings. The minimum absolute atomic E-state index is 0.232. The van der Waals surface area contributed by atoms with Crippen LogP contribution >= 0.6 is 0 Å². The highest BCUT2D eigenvalue weighted by atomic mass is 19.4. The van der Waals surface area contributed by atoms with E-state index >= 15 is 0 Å². The van der Waals surface area contributed by atoms with E-state index in [0.29, 0.717) is 17.2 Å². The summed E-state index contributed by atoms with van der Waals surface area (Å²) in [6, 6.07) is 9.49. The van der Waals surface area contributed by atoms with Gasteiger partial charge in [-0.3, -0.25) is 4.79 Å². The smallest absolute Gasteiger partial charge is 0.416 e. The second-order valence-electron chi connectivity index (χ2n) is 5.58. The van der Waals surface area contributed by atoms with Crippen LogP contribution in [0, 0.1) is 0 Å². The Balaban J connectivity index is 1.89. The zero-order valence-corrected chi connectivity index (χ0v) is 13.2. The number of alkyl halides is 3. The fourth-order valence-electron chi connectivity index (χ4n) is 2.48. The van der Waals surface area contributed by atoms with Crippen molar-refractivity contribution in [3.05, 3.63) is 66.2 Å². The molecular formula is C18H14F3NO3. The van der Waals surface area contributed by atoms with E-state index in [-0.39, 0.29) is 11.5 Å². The first-order valence-electron chi connectivity index (χ1n) is 7.34. The standard InChI is InChI=1S/C18H14F3NO3/c1-3-16(23)22-13-7-8-14-15(10-13)25-17(2,24-14)11-5-4-6-12(9-11)18(19,20)21/h3-10H,1H2,2H3,(H,22,23)/t17-/m0/s1. The number of benzene rings is 2. The minimum Gasteiger partial charge on any atom is -0.445 e. The second-order valence-corrected chi connectivity index (χ2v) is 5.58. The number of hydrogen-bond donors (Lipinski definition) is 1. The summed E-state index contributed by atoms with van der Waals surface area (Å²) in [6.07, 6.45) is -3.34. The SMILES string of the molecule is C=CC(=O)Nc1ccc2c(c1)O[C@@](C)(c1cccc(C(F)(F)F)c1)O2. The average molecular weight is 349 g/mol. The summed E-state index contributed by atoms with van der Waals surface area (Å²) in [7, 11) is 0. The number of anilines is 1. The van der Waals surface area contributed by atoms with E-state index in [4.69, 9.17) is 9.47 Å². The molecular weight excluding hydrogens is 335 g/mol. The van der Waals surface area contributed by atoms with Gasteiger partial charge in [0.15, 0.2) is 11.5 Å². The fraction of sp³-hybridized carbons (Fsp3) is 0.167. The summed E-state index contributed by atoms with van der Waals surface area (Å²) in [5, 5.41) is 2.58. The van der Waals surface area contributed by atoms with Crippen LogP contribution in [0.3, 0.4) is 0 Å². The molecule has 1 N–H and O–H groups in total. The van der Waals surface area contributed by atoms with Gasteiger partial charge in [0.1, 0.15) is 0 Å². The van der Waals surface area contributed by atoms with Gasteiger partial charge in [0.05, 0.1) is 5.56 Å². The van der Waals surface area contributed by atoms with E-state index in [2.05, 4.69) is 11.9 Å². The van der Waals surface area contributed by atoms with Crippen LogP contribution in [0.1, 0.15) is 18.1 Å². The molecule has 7 heteroatoms. The predicted octanol–water partition coefficient (Wildman–Crippen LogP) is 4.47. The van der Waals surface area contributed by atoms with Gasteiger partial charge in [0, 0.05) is 24.2 Å². The lowest BCUT2D eigenvalue weighted by Crippen LogP contribution is -2.31. The van der Waals surface area contributed by atoms with Gasteiger partial charge in [0.2, 0.25) is 5.91 Å². The van der Waals surface area contributed by atoms with Gasteiger partial charge in [0.25, 0.3) is 5.79 Å². The third-order valence-electron chi connectivity index (χ3n) is 3.72. The number of halogens is 3. The fourth-order valence-corrected chi connectivity index (χ4v) is 2.48. The van der Waals surface area contributed by atoms with Crippen molar-refractivity contribution in [1.82, 2.24) is 0 Å². The maximum absolute atomic E-state index is 12.9. The molecule has 0 aromatic heterocycles. The monoisotopic (exact) mass is 349 g/mol. The lowest BCUT2D eigenvalue weighted by molar-refractivity contribution is -0.138. The van der Waals surface area contributed by atoms with Crippen LogP contribution in [0.2, 0.25) is 0 Å². The molecule has 0 radical (unpaired) electrons. The molecule has 1 heterocycles. The lowest BCUT2D eigenvalue weighted by atomic mass is 10.0. The number of ether oxygens (including phenoxy) is 2. The Morgan fingerprint density at radius 3 is 2.56 bits per heavy atom. The molecule has 1 aliphatic heterocycles. The summed E-state index contributed by atoms with van der Waals surface area (Å²) in [6.45, 7) is 4.89. The highest BCUT2D eigenvalue weighted by Gasteiger charge is 2.40. The molecule has 0 spiro atoms. The zero-order valence-electron chi connectivity index (χ0n) is 13.2. The van der Waals surface area contributed by atoms with E-state index in [9.17, 15) is 18.0 Å². The van der Waals surface area contributed by atoms with Gasteiger partial charge in [-0.05, 0) is 30.3 Å². The third-order valence-corrected chi connectivity index (χ3v) is 3.72. The third kappa shape index (κ3) is 3.31. The molecule has 0 bridgehead atoms. The average Bonchev–Trinajstić information content (AvgIpc) is 2.91. The van der Waals surface area contributed by atoms with Crippen molar-refractivity contribution in [3.63, 3.8) is 0 Å². The van der Waals surface area contributed by atoms with Crippen molar-refractivity contribution in [1.29, 1.82) is 0 Å². The van der Waals surface area contributed by atoms with Crippen molar-refractivity contribution in [2.75, 3.05) is 5.32 Å². The van der Waals surface area contributed by atoms with Gasteiger partial charge in [-0.25, -0.2) is 0 Å². The number of rotatable bonds is 3. The van der Waals surface area contributed by atoms with Gasteiger partial charge >= 0.3 is 6.18 Å². The number of hydrogen-bond acceptors (Lipinski definition) is 3. The van der Waals surface area contributed by atoms with Crippen LogP contribution in [0.15, 0.2) is 55.1 Å². The summed E-state index contributed by atoms with van der Waals surface area (Å²) < 4.78 is 50.2. The predicted molar refractivity (Wildman–Crippen MR) is 85.3 cm³/mol. The number of fused-ring (bicyclic) bond motifs is 1. The molecule has 4 nitrogen and oxygen atoms in total. The first kappa shape index (κ1) is 16.9. The topological polar surface area (TPSA) is 47.6 Å². The number of nitrogens with one attached hydrogen (secondary N) is 1. The molecule has 2 aromatic carbocycles. The van der Waals surface area contributed by atoms with Crippen LogP contribution in [0.25, 0.3) is 0 Å². The summed E-state index contributed by atoms with van der Waals surface area (Å²) in [5.41, 5.74) is -0.0935. The summed E-state index contributed by atoms with van der Waals surface area (Å²) >= 11 is 0. The molecule has 0 unspecified atom stereocenters. The number of carbonyl (C=O) groups excluding carboxylic acids is 1. The van der Waals surface area contributed by atoms with E-state index in [1.165, 1.54) is 25.1 Å². The van der Waals surface area contributed by atoms with E-state index in [1.807, 2.05) is 0 Å². The Labute approximate surface area is 141 Å². The maximum Gasteiger partial charge on any atom is 0.416 e. The zero-order chi connectivity index (χ0) is 18.2. The molecule has 0 aliphatic carbocycles. The highest BCUT2D eigenvalue weighted by Crippen LogP contribution is 2.45. The summed E-state index contributed by atoms with van der Waals surface area (Å²) in [4.78, 5) is 11.4. The molecule has 2 aromatic rings. The Hall–Kier alpha value is -2.96. The Bertz CT molecular complexity index is 848. The van der Waals surface area contributed by atoms with Crippen molar-refractivity contribution < 1.29 is 27.4 Å². The normalized spacial score (nSPS) is 18.7. The Morgan fingerprint density at radius 2 is 1.88 bits per heavy atom. The quantitative estimate of drug-likeness (QED) is 0.832. The Morgan fingerprint density at radius 1 is 1.16 bits per heavy atom. The highest BCUT2D eigenvalue weighted by molar-refractivity contribution is 5.99. The van der Waals surface area contributed by atoms with Gasteiger partial charge in [-0.15, -0.1) is 0 Å². The van der Waals surface area contributed by atoms with Crippen LogP contribution in [0.4, 0.5) is 18.9 Å². The molecule has 1 amide bonds. The van der Waals surface area contributed by atoms with Gasteiger partial charge < -0.3 is 14.8 Å². The van der Waals surface area contributed by atoms with Crippen molar-refractivity contribution in [2.24, 2.45) is 0 Å². The van der Waals surface area contributed by atoms with E-state index < -0.39 is 17.5 Å².